The van der Waals surface area contributed by atoms with E-state index >= 15 is 0 Å². The number of nitrogens with one attached hydrogen (secondary N) is 2. The molecule has 0 atom stereocenters. The summed E-state index contributed by atoms with van der Waals surface area (Å²) in [4.78, 5) is 2.31. The maximum Gasteiger partial charge on any atom is 0.264 e. The van der Waals surface area contributed by atoms with E-state index in [2.05, 4.69) is 14.9 Å². The summed E-state index contributed by atoms with van der Waals surface area (Å²) < 4.78 is 28.7. The maximum atomic E-state index is 12.8. The Bertz CT molecular complexity index is 1100. The molecule has 2 heterocycles. The van der Waals surface area contributed by atoms with E-state index < -0.39 is 10.0 Å². The number of thiophene rings is 1. The minimum Gasteiger partial charge on any atom is -0.368 e. The van der Waals surface area contributed by atoms with E-state index in [1.165, 1.54) is 6.07 Å². The average Bonchev–Trinajstić information content (AvgIpc) is 3.02. The number of hydrogen-bond donors (Lipinski definition) is 2. The van der Waals surface area contributed by atoms with E-state index in [0.717, 1.165) is 54.0 Å². The molecule has 28 heavy (non-hydrogen) atoms. The van der Waals surface area contributed by atoms with E-state index in [1.54, 1.807) is 6.07 Å². The Hall–Kier alpha value is -1.22. The van der Waals surface area contributed by atoms with Gasteiger partial charge in [-0.2, -0.15) is 0 Å². The summed E-state index contributed by atoms with van der Waals surface area (Å²) >= 11 is 13.0. The molecule has 0 bridgehead atoms. The summed E-state index contributed by atoms with van der Waals surface area (Å²) in [7, 11) is -3.83. The van der Waals surface area contributed by atoms with Crippen LogP contribution in [0.2, 0.25) is 8.67 Å². The fourth-order valence-corrected chi connectivity index (χ4v) is 6.49. The first-order valence-corrected chi connectivity index (χ1v) is 11.5. The molecule has 1 aliphatic rings. The highest BCUT2D eigenvalue weighted by atomic mass is 35.5. The molecule has 5 nitrogen and oxygen atoms in total. The number of anilines is 2. The molecule has 1 fully saturated rings. The SMILES string of the molecule is Cl.O=S(=O)(Nc1ccc(N2CCNCC2)c2ccccc12)c1cc(Cl)sc1Cl. The second-order valence-corrected chi connectivity index (χ2v) is 10.1. The van der Waals surface area contributed by atoms with Gasteiger partial charge in [0.15, 0.2) is 0 Å². The van der Waals surface area contributed by atoms with Crippen LogP contribution >= 0.6 is 46.9 Å². The topological polar surface area (TPSA) is 61.4 Å². The second kappa shape index (κ2) is 8.65. The van der Waals surface area contributed by atoms with Gasteiger partial charge in [-0.25, -0.2) is 8.42 Å². The third kappa shape index (κ3) is 4.20. The highest BCUT2D eigenvalue weighted by Crippen LogP contribution is 2.37. The highest BCUT2D eigenvalue weighted by Gasteiger charge is 2.23. The van der Waals surface area contributed by atoms with Crippen LogP contribution in [0.3, 0.4) is 0 Å². The minimum atomic E-state index is -3.83. The van der Waals surface area contributed by atoms with Gasteiger partial charge in [0.25, 0.3) is 10.0 Å². The van der Waals surface area contributed by atoms with Gasteiger partial charge >= 0.3 is 0 Å². The number of nitrogens with zero attached hydrogens (tertiary/aromatic N) is 1. The minimum absolute atomic E-state index is 0. The van der Waals surface area contributed by atoms with E-state index in [-0.39, 0.29) is 21.6 Å². The maximum absolute atomic E-state index is 12.8. The predicted octanol–water partition coefficient (Wildman–Crippen LogP) is 4.84. The zero-order valence-electron chi connectivity index (χ0n) is 14.6. The molecule has 3 aromatic rings. The van der Waals surface area contributed by atoms with E-state index in [4.69, 9.17) is 23.2 Å². The fourth-order valence-electron chi connectivity index (χ4n) is 3.26. The van der Waals surface area contributed by atoms with Crippen LogP contribution < -0.4 is 14.9 Å². The smallest absolute Gasteiger partial charge is 0.264 e. The van der Waals surface area contributed by atoms with Gasteiger partial charge in [-0.3, -0.25) is 4.72 Å². The molecule has 4 rings (SSSR count). The summed E-state index contributed by atoms with van der Waals surface area (Å²) in [5, 5.41) is 5.20. The predicted molar refractivity (Wildman–Crippen MR) is 121 cm³/mol. The molecule has 1 aromatic heterocycles. The van der Waals surface area contributed by atoms with Gasteiger partial charge in [0.05, 0.1) is 10.0 Å². The van der Waals surface area contributed by atoms with Crippen molar-refractivity contribution in [2.24, 2.45) is 0 Å². The fraction of sp³-hybridized carbons (Fsp3) is 0.222. The molecule has 0 spiro atoms. The lowest BCUT2D eigenvalue weighted by Gasteiger charge is -2.30. The van der Waals surface area contributed by atoms with E-state index in [0.29, 0.717) is 10.0 Å². The Labute approximate surface area is 184 Å². The summed E-state index contributed by atoms with van der Waals surface area (Å²) in [5.74, 6) is 0. The van der Waals surface area contributed by atoms with Crippen molar-refractivity contribution in [3.05, 3.63) is 51.1 Å². The van der Waals surface area contributed by atoms with Crippen molar-refractivity contribution in [2.75, 3.05) is 35.8 Å². The zero-order valence-corrected chi connectivity index (χ0v) is 18.6. The zero-order chi connectivity index (χ0) is 19.0. The Morgan fingerprint density at radius 1 is 1.04 bits per heavy atom. The molecule has 0 saturated carbocycles. The third-order valence-corrected chi connectivity index (χ3v) is 7.64. The Kier molecular flexibility index (Phi) is 6.64. The lowest BCUT2D eigenvalue weighted by molar-refractivity contribution is 0.590. The van der Waals surface area contributed by atoms with Gasteiger partial charge < -0.3 is 10.2 Å². The van der Waals surface area contributed by atoms with Crippen LogP contribution in [0, 0.1) is 0 Å². The molecule has 0 radical (unpaired) electrons. The number of fused-ring (bicyclic) bond motifs is 1. The summed E-state index contributed by atoms with van der Waals surface area (Å²) in [6.45, 7) is 3.69. The van der Waals surface area contributed by atoms with Crippen LogP contribution in [0.4, 0.5) is 11.4 Å². The molecule has 0 amide bonds. The van der Waals surface area contributed by atoms with Crippen molar-refractivity contribution in [3.8, 4) is 0 Å². The number of hydrogen-bond acceptors (Lipinski definition) is 5. The monoisotopic (exact) mass is 477 g/mol. The normalized spacial score (nSPS) is 14.7. The standard InChI is InChI=1S/C18H17Cl2N3O2S2.ClH/c19-17-11-16(18(20)26-17)27(24,25)22-14-5-6-15(23-9-7-21-8-10-23)13-4-2-1-3-12(13)14;/h1-6,11,21-22H,7-10H2;1H. The van der Waals surface area contributed by atoms with Gasteiger partial charge in [0.1, 0.15) is 9.23 Å². The van der Waals surface area contributed by atoms with Gasteiger partial charge in [-0.1, -0.05) is 47.5 Å². The Morgan fingerprint density at radius 3 is 2.36 bits per heavy atom. The highest BCUT2D eigenvalue weighted by molar-refractivity contribution is 7.93. The van der Waals surface area contributed by atoms with Crippen molar-refractivity contribution in [1.29, 1.82) is 0 Å². The molecular weight excluding hydrogens is 461 g/mol. The van der Waals surface area contributed by atoms with Crippen LogP contribution in [0.15, 0.2) is 47.4 Å². The molecule has 1 aliphatic heterocycles. The molecule has 10 heteroatoms. The first kappa shape index (κ1) is 21.5. The number of halogens is 3. The lowest BCUT2D eigenvalue weighted by Crippen LogP contribution is -2.43. The van der Waals surface area contributed by atoms with Crippen LogP contribution in [0.5, 0.6) is 0 Å². The molecule has 150 valence electrons. The first-order valence-electron chi connectivity index (χ1n) is 8.41. The van der Waals surface area contributed by atoms with Gasteiger partial charge in [0, 0.05) is 42.6 Å². The van der Waals surface area contributed by atoms with Crippen LogP contribution in [0.25, 0.3) is 10.8 Å². The molecule has 2 N–H and O–H groups in total. The quantitative estimate of drug-likeness (QED) is 0.563. The molecule has 2 aromatic carbocycles. The van der Waals surface area contributed by atoms with Crippen LogP contribution in [0.1, 0.15) is 0 Å². The molecule has 0 unspecified atom stereocenters. The summed E-state index contributed by atoms with van der Waals surface area (Å²) in [5.41, 5.74) is 1.62. The van der Waals surface area contributed by atoms with Crippen molar-refractivity contribution < 1.29 is 8.42 Å². The summed E-state index contributed by atoms with van der Waals surface area (Å²) in [6, 6.07) is 12.9. The van der Waals surface area contributed by atoms with Gasteiger partial charge in [-0.15, -0.1) is 23.7 Å². The van der Waals surface area contributed by atoms with Gasteiger partial charge in [0.2, 0.25) is 0 Å². The Morgan fingerprint density at radius 2 is 1.71 bits per heavy atom. The van der Waals surface area contributed by atoms with Gasteiger partial charge in [-0.05, 0) is 18.2 Å². The van der Waals surface area contributed by atoms with E-state index in [1.807, 2.05) is 30.3 Å². The van der Waals surface area contributed by atoms with Crippen molar-refractivity contribution in [1.82, 2.24) is 5.32 Å². The molecule has 1 saturated heterocycles. The number of sulfonamides is 1. The lowest BCUT2D eigenvalue weighted by atomic mass is 10.1. The Balaban J connectivity index is 0.00000225. The number of benzene rings is 2. The number of rotatable bonds is 4. The largest absolute Gasteiger partial charge is 0.368 e. The van der Waals surface area contributed by atoms with E-state index in [9.17, 15) is 8.42 Å². The third-order valence-electron chi connectivity index (χ3n) is 4.52. The summed E-state index contributed by atoms with van der Waals surface area (Å²) in [6.07, 6.45) is 0. The van der Waals surface area contributed by atoms with Crippen LogP contribution in [-0.2, 0) is 10.0 Å². The number of piperazine rings is 1. The average molecular weight is 479 g/mol. The van der Waals surface area contributed by atoms with Crippen LogP contribution in [-0.4, -0.2) is 34.6 Å². The second-order valence-electron chi connectivity index (χ2n) is 6.21. The molecular formula is C18H18Cl3N3O2S2. The van der Waals surface area contributed by atoms with Crippen molar-refractivity contribution in [2.45, 2.75) is 4.90 Å². The van der Waals surface area contributed by atoms with Crippen molar-refractivity contribution >= 4 is 79.1 Å². The molecule has 0 aliphatic carbocycles. The van der Waals surface area contributed by atoms with Crippen molar-refractivity contribution in [3.63, 3.8) is 0 Å². The first-order chi connectivity index (χ1) is 13.0.